The van der Waals surface area contributed by atoms with E-state index in [1.165, 1.54) is 22.8 Å². The number of hydrogen-bond acceptors (Lipinski definition) is 4. The highest BCUT2D eigenvalue weighted by atomic mass is 19.1. The Labute approximate surface area is 177 Å². The van der Waals surface area contributed by atoms with Crippen molar-refractivity contribution >= 4 is 22.5 Å². The molecular formula is C24H20FN3O3. The Balaban J connectivity index is 1.52. The Hall–Kier alpha value is -4.00. The number of anilines is 1. The normalized spacial score (nSPS) is 11.8. The summed E-state index contributed by atoms with van der Waals surface area (Å²) >= 11 is 0. The molecule has 0 fully saturated rings. The van der Waals surface area contributed by atoms with Crippen LogP contribution in [0.25, 0.3) is 16.6 Å². The predicted molar refractivity (Wildman–Crippen MR) is 117 cm³/mol. The molecule has 7 heteroatoms. The molecule has 31 heavy (non-hydrogen) atoms. The molecule has 3 aromatic carbocycles. The van der Waals surface area contributed by atoms with Gasteiger partial charge in [0.2, 0.25) is 0 Å². The summed E-state index contributed by atoms with van der Waals surface area (Å²) in [4.78, 5) is 29.8. The number of benzene rings is 3. The molecule has 4 rings (SSSR count). The van der Waals surface area contributed by atoms with Gasteiger partial charge in [0, 0.05) is 11.8 Å². The highest BCUT2D eigenvalue weighted by Gasteiger charge is 2.16. The number of hydrogen-bond donors (Lipinski definition) is 1. The number of aromatic nitrogens is 2. The van der Waals surface area contributed by atoms with Crippen LogP contribution < -0.4 is 15.6 Å². The minimum atomic E-state index is -0.823. The number of carbonyl (C=O) groups is 1. The second-order valence-corrected chi connectivity index (χ2v) is 7.07. The molecule has 1 N–H and O–H groups in total. The Kier molecular flexibility index (Phi) is 5.49. The summed E-state index contributed by atoms with van der Waals surface area (Å²) < 4.78 is 20.3. The van der Waals surface area contributed by atoms with Crippen LogP contribution in [0.3, 0.4) is 0 Å². The van der Waals surface area contributed by atoms with E-state index in [-0.39, 0.29) is 17.2 Å². The lowest BCUT2D eigenvalue weighted by Crippen LogP contribution is -2.30. The summed E-state index contributed by atoms with van der Waals surface area (Å²) in [5.41, 5.74) is 1.68. The zero-order chi connectivity index (χ0) is 22.0. The van der Waals surface area contributed by atoms with Crippen LogP contribution in [-0.4, -0.2) is 21.6 Å². The second kappa shape index (κ2) is 8.39. The van der Waals surface area contributed by atoms with Crippen LogP contribution in [0.15, 0.2) is 77.6 Å². The number of rotatable bonds is 5. The van der Waals surface area contributed by atoms with E-state index in [1.54, 1.807) is 62.4 Å². The molecule has 6 nitrogen and oxygen atoms in total. The quantitative estimate of drug-likeness (QED) is 0.527. The van der Waals surface area contributed by atoms with E-state index in [1.807, 2.05) is 6.07 Å². The fourth-order valence-corrected chi connectivity index (χ4v) is 3.28. The van der Waals surface area contributed by atoms with Crippen LogP contribution in [0.5, 0.6) is 5.75 Å². The number of para-hydroxylation sites is 1. The molecule has 156 valence electrons. The molecule has 0 bridgehead atoms. The Bertz CT molecular complexity index is 1320. The number of aryl methyl sites for hydroxylation is 1. The van der Waals surface area contributed by atoms with Crippen LogP contribution >= 0.6 is 0 Å². The summed E-state index contributed by atoms with van der Waals surface area (Å²) in [6, 6.07) is 19.7. The van der Waals surface area contributed by atoms with Crippen molar-refractivity contribution < 1.29 is 13.9 Å². The van der Waals surface area contributed by atoms with Gasteiger partial charge < -0.3 is 10.1 Å². The lowest BCUT2D eigenvalue weighted by molar-refractivity contribution is -0.122. The fraction of sp³-hybridized carbons (Fsp3) is 0.125. The molecule has 0 aliphatic carbocycles. The maximum atomic E-state index is 13.3. The predicted octanol–water partition coefficient (Wildman–Crippen LogP) is 4.24. The maximum Gasteiger partial charge on any atom is 0.265 e. The van der Waals surface area contributed by atoms with Crippen LogP contribution in [-0.2, 0) is 4.79 Å². The molecule has 0 saturated heterocycles. The standard InChI is InChI=1S/C24H20FN3O3/c1-15(31-20-7-5-6-17(25)14-20)23(29)27-18-10-12-19(13-11-18)28-16(2)26-22-9-4-3-8-21(22)24(28)30/h3-15H,1-2H3,(H,27,29). The van der Waals surface area contributed by atoms with Crippen molar-refractivity contribution in [2.45, 2.75) is 20.0 Å². The molecule has 1 aromatic heterocycles. The highest BCUT2D eigenvalue weighted by Crippen LogP contribution is 2.17. The summed E-state index contributed by atoms with van der Waals surface area (Å²) in [5, 5.41) is 3.29. The van der Waals surface area contributed by atoms with Gasteiger partial charge in [-0.3, -0.25) is 14.2 Å². The minimum absolute atomic E-state index is 0.156. The smallest absolute Gasteiger partial charge is 0.265 e. The van der Waals surface area contributed by atoms with Crippen molar-refractivity contribution in [2.75, 3.05) is 5.32 Å². The van der Waals surface area contributed by atoms with Gasteiger partial charge in [0.1, 0.15) is 17.4 Å². The molecule has 0 saturated carbocycles. The van der Waals surface area contributed by atoms with Gasteiger partial charge in [-0.25, -0.2) is 9.37 Å². The molecular weight excluding hydrogens is 397 g/mol. The lowest BCUT2D eigenvalue weighted by atomic mass is 10.2. The SMILES string of the molecule is Cc1nc2ccccc2c(=O)n1-c1ccc(NC(=O)C(C)Oc2cccc(F)c2)cc1. The van der Waals surface area contributed by atoms with Crippen LogP contribution in [0, 0.1) is 12.7 Å². The van der Waals surface area contributed by atoms with Gasteiger partial charge in [-0.15, -0.1) is 0 Å². The van der Waals surface area contributed by atoms with Crippen LogP contribution in [0.4, 0.5) is 10.1 Å². The van der Waals surface area contributed by atoms with E-state index < -0.39 is 11.9 Å². The van der Waals surface area contributed by atoms with Crippen molar-refractivity contribution in [2.24, 2.45) is 0 Å². The fourth-order valence-electron chi connectivity index (χ4n) is 3.28. The zero-order valence-electron chi connectivity index (χ0n) is 17.0. The van der Waals surface area contributed by atoms with E-state index in [0.717, 1.165) is 0 Å². The molecule has 1 atom stereocenters. The van der Waals surface area contributed by atoms with Crippen LogP contribution in [0.2, 0.25) is 0 Å². The monoisotopic (exact) mass is 417 g/mol. The van der Waals surface area contributed by atoms with Gasteiger partial charge >= 0.3 is 0 Å². The summed E-state index contributed by atoms with van der Waals surface area (Å²) in [6.45, 7) is 3.35. The van der Waals surface area contributed by atoms with E-state index in [2.05, 4.69) is 10.3 Å². The Morgan fingerprint density at radius 3 is 2.55 bits per heavy atom. The highest BCUT2D eigenvalue weighted by molar-refractivity contribution is 5.94. The van der Waals surface area contributed by atoms with Crippen molar-refractivity contribution in [3.8, 4) is 11.4 Å². The topological polar surface area (TPSA) is 73.2 Å². The molecule has 1 heterocycles. The van der Waals surface area contributed by atoms with Gasteiger partial charge in [0.25, 0.3) is 11.5 Å². The number of nitrogens with one attached hydrogen (secondary N) is 1. The first-order chi connectivity index (χ1) is 14.9. The number of nitrogens with zero attached hydrogens (tertiary/aromatic N) is 2. The third kappa shape index (κ3) is 4.30. The van der Waals surface area contributed by atoms with E-state index in [9.17, 15) is 14.0 Å². The maximum absolute atomic E-state index is 13.3. The molecule has 1 unspecified atom stereocenters. The Morgan fingerprint density at radius 1 is 1.06 bits per heavy atom. The van der Waals surface area contributed by atoms with E-state index in [0.29, 0.717) is 28.1 Å². The average molecular weight is 417 g/mol. The zero-order valence-corrected chi connectivity index (χ0v) is 17.0. The third-order valence-electron chi connectivity index (χ3n) is 4.81. The van der Waals surface area contributed by atoms with E-state index in [4.69, 9.17) is 4.74 Å². The van der Waals surface area contributed by atoms with E-state index >= 15 is 0 Å². The first-order valence-corrected chi connectivity index (χ1v) is 9.74. The lowest BCUT2D eigenvalue weighted by Gasteiger charge is -2.15. The largest absolute Gasteiger partial charge is 0.481 e. The number of ether oxygens (including phenoxy) is 1. The first-order valence-electron chi connectivity index (χ1n) is 9.74. The summed E-state index contributed by atoms with van der Waals surface area (Å²) in [5.74, 6) is 0.0291. The molecule has 4 aromatic rings. The van der Waals surface area contributed by atoms with Gasteiger partial charge in [0.05, 0.1) is 16.6 Å². The number of fused-ring (bicyclic) bond motifs is 1. The number of amides is 1. The second-order valence-electron chi connectivity index (χ2n) is 7.07. The van der Waals surface area contributed by atoms with Crippen molar-refractivity contribution in [1.82, 2.24) is 9.55 Å². The Morgan fingerprint density at radius 2 is 1.81 bits per heavy atom. The van der Waals surface area contributed by atoms with Crippen molar-refractivity contribution in [3.63, 3.8) is 0 Å². The first kappa shape index (κ1) is 20.3. The molecule has 0 aliphatic rings. The van der Waals surface area contributed by atoms with Crippen LogP contribution in [0.1, 0.15) is 12.7 Å². The number of halogens is 1. The van der Waals surface area contributed by atoms with Gasteiger partial charge in [-0.05, 0) is 62.4 Å². The molecule has 1 amide bonds. The summed E-state index contributed by atoms with van der Waals surface area (Å²) in [7, 11) is 0. The third-order valence-corrected chi connectivity index (χ3v) is 4.81. The number of carbonyl (C=O) groups excluding carboxylic acids is 1. The van der Waals surface area contributed by atoms with Crippen molar-refractivity contribution in [1.29, 1.82) is 0 Å². The average Bonchev–Trinajstić information content (AvgIpc) is 2.75. The summed E-state index contributed by atoms with van der Waals surface area (Å²) in [6.07, 6.45) is -0.823. The molecule has 0 radical (unpaired) electrons. The van der Waals surface area contributed by atoms with Gasteiger partial charge in [0.15, 0.2) is 6.10 Å². The van der Waals surface area contributed by atoms with Crippen molar-refractivity contribution in [3.05, 3.63) is 94.8 Å². The van der Waals surface area contributed by atoms with Gasteiger partial charge in [-0.1, -0.05) is 18.2 Å². The van der Waals surface area contributed by atoms with Gasteiger partial charge in [-0.2, -0.15) is 0 Å². The minimum Gasteiger partial charge on any atom is -0.481 e. The molecule has 0 spiro atoms. The molecule has 0 aliphatic heterocycles.